The van der Waals surface area contributed by atoms with Crippen molar-refractivity contribution < 1.29 is 9.59 Å². The van der Waals surface area contributed by atoms with Crippen LogP contribution in [-0.4, -0.2) is 36.1 Å². The Kier molecular flexibility index (Phi) is 2.27. The van der Waals surface area contributed by atoms with Gasteiger partial charge in [-0.25, -0.2) is 0 Å². The van der Waals surface area contributed by atoms with Gasteiger partial charge in [0.15, 0.2) is 11.6 Å². The Labute approximate surface area is 391 Å². The molecule has 1 aliphatic heterocycles. The van der Waals surface area contributed by atoms with E-state index in [1.54, 1.807) is 304 Å². The zero-order chi connectivity index (χ0) is 43.2. The number of allylic oxidation sites excluding steroid dienone is 3. The number of benzene rings is 18. The van der Waals surface area contributed by atoms with E-state index in [9.17, 15) is 4.79 Å². The molecule has 0 radical (unpaired) electrons. The largest absolute Gasteiger partial charge is 0.297 e. The SMILES string of the molecule is CN1CC23c4c5c6c7c8c9c(c%10c%11c2c2c4c4c%12c5c5c6c6c8c8c%13c9c9c%10c%10c%11c%11c2c2c4c4c%12c%12c5c5c6c8c6c8c%13c9c9c%10c%10c%11c2c2c4c4c%12c5c6c5c8c9c%10c2c45)C73C1C1=CC(=O)C=CC1=O. The number of likely N-dealkylation sites (tertiary alicyclic amines) is 1. The van der Waals surface area contributed by atoms with Crippen LogP contribution in [0.1, 0.15) is 22.3 Å². The molecule has 1 fully saturated rings. The standard InChI is InChI=1S/C69H9NO2/c1-70-5-68-63-55-47-37-27-19-11-9-10-13-17-15(11)23-31-25(17)35-29-21(13)22-14(10)18-16-12(9)20(19)28-34-24(16)32-26(18)36-30(22)40-39(29)51-45(35)53-43(31)49(41(47)33(23)27)57(63)59(53)65-61(51)62-52(40)46(36)54-44(32)50-42(34)48(38(28)37)56(55)64(68)58(50)60(54)66(62)69(65,68)67(70)7-4-6(71)2-3-8(7)72/h2-4,67H,5H2,1H3. The molecule has 28 aromatic rings. The average Bonchev–Trinajstić information content (AvgIpc) is 4.29. The predicted octanol–water partition coefficient (Wildman–Crippen LogP) is 16.2. The van der Waals surface area contributed by atoms with Crippen LogP contribution in [0.3, 0.4) is 0 Å². The van der Waals surface area contributed by atoms with Crippen molar-refractivity contribution in [1.29, 1.82) is 0 Å². The normalized spacial score (nSPS) is 24.7. The summed E-state index contributed by atoms with van der Waals surface area (Å²) in [5, 5.41) is 85.4. The summed E-state index contributed by atoms with van der Waals surface area (Å²) in [6, 6.07) is -0.324. The van der Waals surface area contributed by atoms with E-state index < -0.39 is 10.8 Å². The maximum atomic E-state index is 15.2. The van der Waals surface area contributed by atoms with Crippen molar-refractivity contribution in [3.05, 3.63) is 46.1 Å². The molecule has 34 rings (SSSR count). The fourth-order valence-corrected chi connectivity index (χ4v) is 26.3. The fraction of sp³-hybridized carbons (Fsp3) is 0.0725. The van der Waals surface area contributed by atoms with Crippen LogP contribution < -0.4 is 0 Å². The molecule has 0 amide bonds. The van der Waals surface area contributed by atoms with Crippen LogP contribution >= 0.6 is 0 Å². The van der Waals surface area contributed by atoms with Crippen molar-refractivity contribution in [3.63, 3.8) is 0 Å². The van der Waals surface area contributed by atoms with Gasteiger partial charge < -0.3 is 0 Å². The highest BCUT2D eigenvalue weighted by atomic mass is 16.1. The highest BCUT2D eigenvalue weighted by Gasteiger charge is 2.76. The maximum Gasteiger partial charge on any atom is 0.183 e. The minimum Gasteiger partial charge on any atom is -0.297 e. The first-order valence-electron chi connectivity index (χ1n) is 26.6. The molecule has 0 N–H and O–H groups in total. The van der Waals surface area contributed by atoms with Crippen LogP contribution in [-0.2, 0) is 20.4 Å². The molecular formula is C69H9NO2. The Balaban J connectivity index is 1.16. The smallest absolute Gasteiger partial charge is 0.183 e. The van der Waals surface area contributed by atoms with Crippen molar-refractivity contribution in [3.8, 4) is 0 Å². The van der Waals surface area contributed by atoms with Gasteiger partial charge in [0.25, 0.3) is 0 Å². The Morgan fingerprint density at radius 3 is 0.750 bits per heavy atom. The second kappa shape index (κ2) is 6.06. The van der Waals surface area contributed by atoms with E-state index in [0.29, 0.717) is 5.57 Å². The van der Waals surface area contributed by atoms with Gasteiger partial charge in [-0.05, 0) is 338 Å². The van der Waals surface area contributed by atoms with Gasteiger partial charge in [-0.3, -0.25) is 14.5 Å². The molecule has 2 spiro atoms. The van der Waals surface area contributed by atoms with Gasteiger partial charge in [0.2, 0.25) is 0 Å². The zero-order valence-corrected chi connectivity index (χ0v) is 36.8. The number of hydrogen-bond donors (Lipinski definition) is 0. The molecule has 28 aromatic carbocycles. The second-order valence-electron chi connectivity index (χ2n) is 26.5. The Hall–Kier alpha value is -8.76. The molecule has 3 nitrogen and oxygen atoms in total. The van der Waals surface area contributed by atoms with Crippen molar-refractivity contribution in [2.24, 2.45) is 0 Å². The van der Waals surface area contributed by atoms with E-state index in [0.717, 1.165) is 6.54 Å². The molecule has 5 aliphatic carbocycles. The second-order valence-corrected chi connectivity index (χ2v) is 26.5. The molecule has 6 aliphatic rings. The summed E-state index contributed by atoms with van der Waals surface area (Å²) in [5.41, 5.74) is 5.89. The first-order valence-corrected chi connectivity index (χ1v) is 26.6. The molecule has 0 bridgehead atoms. The lowest BCUT2D eigenvalue weighted by Crippen LogP contribution is -2.55. The van der Waals surface area contributed by atoms with E-state index in [2.05, 4.69) is 11.9 Å². The molecule has 1 atom stereocenters. The molecule has 0 saturated carbocycles. The number of carbonyl (C=O) groups is 2. The number of likely N-dealkylation sites (N-methyl/N-ethyl adjacent to an activating group) is 1. The summed E-state index contributed by atoms with van der Waals surface area (Å²) in [6.45, 7) is 0.815. The number of hydrogen-bond acceptors (Lipinski definition) is 3. The fourth-order valence-electron chi connectivity index (χ4n) is 26.3. The van der Waals surface area contributed by atoms with E-state index >= 15 is 4.79 Å². The van der Waals surface area contributed by atoms with Crippen LogP contribution in [0.5, 0.6) is 0 Å². The van der Waals surface area contributed by atoms with Crippen molar-refractivity contribution in [1.82, 2.24) is 4.90 Å². The first kappa shape index (κ1) is 27.0. The van der Waals surface area contributed by atoms with E-state index in [1.807, 2.05) is 0 Å². The quantitative estimate of drug-likeness (QED) is 0.122. The van der Waals surface area contributed by atoms with Crippen LogP contribution in [0.4, 0.5) is 0 Å². The number of ketones is 2. The minimum atomic E-state index is -0.639. The van der Waals surface area contributed by atoms with E-state index in [-0.39, 0.29) is 17.6 Å². The summed E-state index contributed by atoms with van der Waals surface area (Å²) in [4.78, 5) is 32.0. The van der Waals surface area contributed by atoms with Crippen LogP contribution in [0.25, 0.3) is 291 Å². The number of nitrogens with zero attached hydrogens (tertiary/aromatic N) is 1. The van der Waals surface area contributed by atoms with Crippen LogP contribution in [0, 0.1) is 0 Å². The monoisotopic (exact) mass is 883 g/mol. The Morgan fingerprint density at radius 1 is 0.306 bits per heavy atom. The highest BCUT2D eigenvalue weighted by Crippen LogP contribution is 2.86. The number of carbonyl (C=O) groups excluding carboxylic acids is 2. The Bertz CT molecular complexity index is 7320. The lowest BCUT2D eigenvalue weighted by atomic mass is 9.47. The van der Waals surface area contributed by atoms with Gasteiger partial charge in [-0.2, -0.15) is 0 Å². The molecule has 72 heavy (non-hydrogen) atoms. The van der Waals surface area contributed by atoms with Crippen LogP contribution in [0.15, 0.2) is 23.8 Å². The number of rotatable bonds is 1. The van der Waals surface area contributed by atoms with Gasteiger partial charge >= 0.3 is 0 Å². The average molecular weight is 884 g/mol. The zero-order valence-electron chi connectivity index (χ0n) is 36.8. The van der Waals surface area contributed by atoms with Crippen molar-refractivity contribution in [2.75, 3.05) is 13.6 Å². The summed E-state index contributed by atoms with van der Waals surface area (Å²) in [5.74, 6) is -0.0378. The highest BCUT2D eigenvalue weighted by molar-refractivity contribution is 6.82. The van der Waals surface area contributed by atoms with Gasteiger partial charge in [0.1, 0.15) is 0 Å². The summed E-state index contributed by atoms with van der Waals surface area (Å²) < 4.78 is 0. The third-order valence-corrected chi connectivity index (χ3v) is 26.2. The molecule has 1 unspecified atom stereocenters. The van der Waals surface area contributed by atoms with Gasteiger partial charge in [0, 0.05) is 12.1 Å². The summed E-state index contributed by atoms with van der Waals surface area (Å²) >= 11 is 0. The summed E-state index contributed by atoms with van der Waals surface area (Å²) in [7, 11) is 2.35. The van der Waals surface area contributed by atoms with Crippen LogP contribution in [0.2, 0.25) is 0 Å². The van der Waals surface area contributed by atoms with Gasteiger partial charge in [-0.1, -0.05) is 0 Å². The topological polar surface area (TPSA) is 37.4 Å². The molecular weight excluding hydrogens is 875 g/mol. The first-order chi connectivity index (χ1) is 35.7. The molecule has 3 heteroatoms. The Morgan fingerprint density at radius 2 is 0.514 bits per heavy atom. The van der Waals surface area contributed by atoms with Gasteiger partial charge in [0.05, 0.1) is 16.9 Å². The lowest BCUT2D eigenvalue weighted by Gasteiger charge is -2.52. The predicted molar refractivity (Wildman–Crippen MR) is 298 cm³/mol. The van der Waals surface area contributed by atoms with Crippen molar-refractivity contribution >= 4 is 302 Å². The molecule has 302 valence electrons. The minimum absolute atomic E-state index is 0.0148. The lowest BCUT2D eigenvalue weighted by molar-refractivity contribution is -0.115. The molecule has 0 aromatic heterocycles. The summed E-state index contributed by atoms with van der Waals surface area (Å²) in [6.07, 6.45) is 4.96. The van der Waals surface area contributed by atoms with E-state index in [4.69, 9.17) is 0 Å². The third-order valence-electron chi connectivity index (χ3n) is 26.2. The third kappa shape index (κ3) is 1.42. The maximum absolute atomic E-state index is 15.2. The van der Waals surface area contributed by atoms with Gasteiger partial charge in [-0.15, -0.1) is 0 Å². The van der Waals surface area contributed by atoms with Crippen molar-refractivity contribution in [2.45, 2.75) is 16.9 Å². The van der Waals surface area contributed by atoms with E-state index in [1.165, 1.54) is 27.6 Å². The molecule has 1 saturated heterocycles. The molecule has 1 heterocycles.